The van der Waals surface area contributed by atoms with Gasteiger partial charge >= 0.3 is 0 Å². The van der Waals surface area contributed by atoms with Crippen LogP contribution >= 0.6 is 0 Å². The van der Waals surface area contributed by atoms with Gasteiger partial charge in [0.15, 0.2) is 0 Å². The number of aryl methyl sites for hydroxylation is 1. The van der Waals surface area contributed by atoms with E-state index in [1.165, 1.54) is 0 Å². The van der Waals surface area contributed by atoms with Crippen molar-refractivity contribution in [2.75, 3.05) is 22.1 Å². The van der Waals surface area contributed by atoms with E-state index in [2.05, 4.69) is 25.6 Å². The highest BCUT2D eigenvalue weighted by molar-refractivity contribution is 6.06. The molecule has 7 heteroatoms. The van der Waals surface area contributed by atoms with Gasteiger partial charge in [0, 0.05) is 35.9 Å². The number of amides is 1. The van der Waals surface area contributed by atoms with Crippen molar-refractivity contribution in [2.45, 2.75) is 6.92 Å². The van der Waals surface area contributed by atoms with Crippen molar-refractivity contribution >= 4 is 46.2 Å². The molecule has 5 rings (SSSR count). The van der Waals surface area contributed by atoms with Gasteiger partial charge in [-0.05, 0) is 59.7 Å². The summed E-state index contributed by atoms with van der Waals surface area (Å²) in [7, 11) is 0. The number of nitrogens with zero attached hydrogens (tertiary/aromatic N) is 4. The third-order valence-electron chi connectivity index (χ3n) is 5.39. The molecule has 0 spiro atoms. The molecule has 0 unspecified atom stereocenters. The Bertz CT molecular complexity index is 1390. The van der Waals surface area contributed by atoms with Crippen molar-refractivity contribution < 1.29 is 4.79 Å². The molecule has 4 aromatic rings. The second-order valence-corrected chi connectivity index (χ2v) is 7.71. The van der Waals surface area contributed by atoms with Crippen LogP contribution < -0.4 is 15.5 Å². The monoisotopic (exact) mass is 434 g/mol. The molecule has 0 bridgehead atoms. The first-order chi connectivity index (χ1) is 16.2. The van der Waals surface area contributed by atoms with Crippen molar-refractivity contribution in [3.63, 3.8) is 0 Å². The molecule has 1 aliphatic rings. The van der Waals surface area contributed by atoms with Crippen molar-refractivity contribution in [2.24, 2.45) is 4.99 Å². The number of fused-ring (bicyclic) bond motifs is 1. The summed E-state index contributed by atoms with van der Waals surface area (Å²) in [6.07, 6.45) is 7.16. The van der Waals surface area contributed by atoms with E-state index in [4.69, 9.17) is 0 Å². The number of nitrogens with one attached hydrogen (secondary N) is 2. The molecular formula is C26H22N6O. The summed E-state index contributed by atoms with van der Waals surface area (Å²) < 4.78 is 0. The van der Waals surface area contributed by atoms with Gasteiger partial charge in [0.1, 0.15) is 5.82 Å². The summed E-state index contributed by atoms with van der Waals surface area (Å²) in [5, 5.41) is 8.39. The lowest BCUT2D eigenvalue weighted by Crippen LogP contribution is -2.24. The number of hydrogen-bond donors (Lipinski definition) is 2. The lowest BCUT2D eigenvalue weighted by molar-refractivity contribution is 0.102. The Labute approximate surface area is 191 Å². The lowest BCUT2D eigenvalue weighted by atomic mass is 10.1. The van der Waals surface area contributed by atoms with Crippen LogP contribution in [0.15, 0.2) is 90.2 Å². The van der Waals surface area contributed by atoms with Gasteiger partial charge in [-0.1, -0.05) is 36.4 Å². The van der Waals surface area contributed by atoms with Gasteiger partial charge in [0.2, 0.25) is 5.95 Å². The Hall–Kier alpha value is -4.52. The van der Waals surface area contributed by atoms with Crippen LogP contribution in [-0.2, 0) is 0 Å². The van der Waals surface area contributed by atoms with Crippen LogP contribution in [0.1, 0.15) is 15.9 Å². The molecule has 3 aromatic carbocycles. The first-order valence-corrected chi connectivity index (χ1v) is 10.6. The fraction of sp³-hybridized carbons (Fsp3) is 0.0769. The molecule has 0 radical (unpaired) electrons. The maximum Gasteiger partial charge on any atom is 0.255 e. The largest absolute Gasteiger partial charge is 0.324 e. The van der Waals surface area contributed by atoms with Crippen LogP contribution in [0.3, 0.4) is 0 Å². The molecule has 0 saturated heterocycles. The lowest BCUT2D eigenvalue weighted by Gasteiger charge is -2.19. The van der Waals surface area contributed by atoms with Crippen molar-refractivity contribution in [1.82, 2.24) is 9.97 Å². The Morgan fingerprint density at radius 3 is 2.73 bits per heavy atom. The minimum absolute atomic E-state index is 0.161. The van der Waals surface area contributed by atoms with E-state index in [1.807, 2.05) is 84.6 Å². The first-order valence-electron chi connectivity index (χ1n) is 10.6. The number of carbonyl (C=O) groups is 1. The number of rotatable bonds is 5. The molecule has 1 amide bonds. The van der Waals surface area contributed by atoms with Crippen LogP contribution in [0, 0.1) is 6.92 Å². The molecule has 162 valence electrons. The highest BCUT2D eigenvalue weighted by atomic mass is 16.1. The predicted octanol–water partition coefficient (Wildman–Crippen LogP) is 5.30. The van der Waals surface area contributed by atoms with E-state index < -0.39 is 0 Å². The van der Waals surface area contributed by atoms with E-state index in [0.717, 1.165) is 27.8 Å². The van der Waals surface area contributed by atoms with Gasteiger partial charge < -0.3 is 15.5 Å². The minimum Gasteiger partial charge on any atom is -0.324 e. The summed E-state index contributed by atoms with van der Waals surface area (Å²) in [5.41, 5.74) is 3.12. The van der Waals surface area contributed by atoms with E-state index in [0.29, 0.717) is 23.7 Å². The summed E-state index contributed by atoms with van der Waals surface area (Å²) >= 11 is 0. The van der Waals surface area contributed by atoms with Crippen molar-refractivity contribution in [1.29, 1.82) is 0 Å². The Kier molecular flexibility index (Phi) is 5.51. The van der Waals surface area contributed by atoms with Gasteiger partial charge in [0.05, 0.1) is 6.34 Å². The number of carbonyl (C=O) groups excluding carboxylic acids is 1. The second-order valence-electron chi connectivity index (χ2n) is 7.71. The molecule has 33 heavy (non-hydrogen) atoms. The predicted molar refractivity (Wildman–Crippen MR) is 133 cm³/mol. The van der Waals surface area contributed by atoms with E-state index in [9.17, 15) is 4.79 Å². The summed E-state index contributed by atoms with van der Waals surface area (Å²) in [6.45, 7) is 2.69. The molecule has 1 aliphatic heterocycles. The quantitative estimate of drug-likeness (QED) is 0.446. The third kappa shape index (κ3) is 4.57. The Balaban J connectivity index is 1.34. The Morgan fingerprint density at radius 2 is 1.88 bits per heavy atom. The molecule has 2 N–H and O–H groups in total. The first kappa shape index (κ1) is 20.4. The topological polar surface area (TPSA) is 82.5 Å². The molecule has 1 aromatic heterocycles. The number of aliphatic imine (C=N–C) groups is 1. The molecule has 0 aliphatic carbocycles. The summed E-state index contributed by atoms with van der Waals surface area (Å²) in [5.74, 6) is 1.06. The Morgan fingerprint density at radius 1 is 1.00 bits per heavy atom. The van der Waals surface area contributed by atoms with Crippen LogP contribution in [-0.4, -0.2) is 28.8 Å². The van der Waals surface area contributed by atoms with Crippen molar-refractivity contribution in [3.8, 4) is 0 Å². The average Bonchev–Trinajstić information content (AvgIpc) is 2.86. The maximum atomic E-state index is 12.9. The van der Waals surface area contributed by atoms with E-state index in [1.54, 1.807) is 18.7 Å². The van der Waals surface area contributed by atoms with Gasteiger partial charge in [0.25, 0.3) is 5.91 Å². The highest BCUT2D eigenvalue weighted by Crippen LogP contribution is 2.25. The van der Waals surface area contributed by atoms with Gasteiger partial charge in [-0.25, -0.2) is 9.98 Å². The standard InChI is InChI=1S/C26H22N6O/c1-18-7-10-22(29-25(33)21-9-8-19-5-2-3-6-20(19)15-21)16-23(18)30-26-28-13-11-24(31-26)32-14-4-12-27-17-32/h2-13,15-17H,14H2,1H3,(H,29,33)(H,28,30,31). The summed E-state index contributed by atoms with van der Waals surface area (Å²) in [6, 6.07) is 21.2. The zero-order chi connectivity index (χ0) is 22.6. The molecular weight excluding hydrogens is 412 g/mol. The molecule has 0 saturated carbocycles. The fourth-order valence-electron chi connectivity index (χ4n) is 3.60. The molecule has 0 fully saturated rings. The number of anilines is 4. The normalized spacial score (nSPS) is 12.7. The van der Waals surface area contributed by atoms with Gasteiger partial charge in [-0.3, -0.25) is 4.79 Å². The average molecular weight is 435 g/mol. The minimum atomic E-state index is -0.161. The smallest absolute Gasteiger partial charge is 0.255 e. The maximum absolute atomic E-state index is 12.9. The number of aromatic nitrogens is 2. The van der Waals surface area contributed by atoms with Gasteiger partial charge in [-0.15, -0.1) is 0 Å². The van der Waals surface area contributed by atoms with E-state index >= 15 is 0 Å². The van der Waals surface area contributed by atoms with Crippen LogP contribution in [0.2, 0.25) is 0 Å². The highest BCUT2D eigenvalue weighted by Gasteiger charge is 2.11. The molecule has 7 nitrogen and oxygen atoms in total. The van der Waals surface area contributed by atoms with Crippen LogP contribution in [0.5, 0.6) is 0 Å². The number of benzene rings is 3. The van der Waals surface area contributed by atoms with Crippen LogP contribution in [0.4, 0.5) is 23.1 Å². The molecule has 0 atom stereocenters. The zero-order valence-corrected chi connectivity index (χ0v) is 18.1. The second kappa shape index (κ2) is 8.92. The van der Waals surface area contributed by atoms with Gasteiger partial charge in [-0.2, -0.15) is 4.98 Å². The fourth-order valence-corrected chi connectivity index (χ4v) is 3.60. The SMILES string of the molecule is Cc1ccc(NC(=O)c2ccc3ccccc3c2)cc1Nc1nccc(N2C=NC=CC2)n1. The summed E-state index contributed by atoms with van der Waals surface area (Å²) in [4.78, 5) is 27.9. The van der Waals surface area contributed by atoms with Crippen LogP contribution in [0.25, 0.3) is 10.8 Å². The third-order valence-corrected chi connectivity index (χ3v) is 5.39. The molecule has 2 heterocycles. The van der Waals surface area contributed by atoms with Crippen molar-refractivity contribution in [3.05, 3.63) is 96.3 Å². The zero-order valence-electron chi connectivity index (χ0n) is 18.1. The van der Waals surface area contributed by atoms with E-state index in [-0.39, 0.29) is 5.91 Å². The number of hydrogen-bond acceptors (Lipinski definition) is 6.